The van der Waals surface area contributed by atoms with E-state index in [0.29, 0.717) is 31.0 Å². The third kappa shape index (κ3) is 4.84. The summed E-state index contributed by atoms with van der Waals surface area (Å²) in [6.45, 7) is 6.86. The van der Waals surface area contributed by atoms with Crippen molar-refractivity contribution >= 4 is 16.9 Å². The van der Waals surface area contributed by atoms with E-state index >= 15 is 0 Å². The lowest BCUT2D eigenvalue weighted by molar-refractivity contribution is -0.130. The van der Waals surface area contributed by atoms with Crippen LogP contribution in [0.2, 0.25) is 0 Å². The third-order valence-electron chi connectivity index (χ3n) is 5.91. The molecule has 1 N–H and O–H groups in total. The number of ether oxygens (including phenoxy) is 1. The first-order chi connectivity index (χ1) is 15.4. The number of amides is 1. The lowest BCUT2D eigenvalue weighted by Crippen LogP contribution is -2.50. The smallest absolute Gasteiger partial charge is 0.336 e. The van der Waals surface area contributed by atoms with E-state index in [1.54, 1.807) is 6.92 Å². The van der Waals surface area contributed by atoms with Gasteiger partial charge in [0.1, 0.15) is 24.0 Å². The van der Waals surface area contributed by atoms with Gasteiger partial charge < -0.3 is 19.2 Å². The molecule has 0 bridgehead atoms. The molecule has 1 fully saturated rings. The van der Waals surface area contributed by atoms with E-state index in [1.165, 1.54) is 6.07 Å². The first-order valence-electron chi connectivity index (χ1n) is 10.8. The summed E-state index contributed by atoms with van der Waals surface area (Å²) in [4.78, 5) is 27.6. The highest BCUT2D eigenvalue weighted by molar-refractivity contribution is 5.95. The highest BCUT2D eigenvalue weighted by atomic mass is 16.5. The van der Waals surface area contributed by atoms with Gasteiger partial charge in [-0.1, -0.05) is 30.3 Å². The van der Waals surface area contributed by atoms with Crippen LogP contribution in [0.1, 0.15) is 12.5 Å². The molecule has 0 aliphatic carbocycles. The van der Waals surface area contributed by atoms with Gasteiger partial charge in [0.05, 0.1) is 0 Å². The summed E-state index contributed by atoms with van der Waals surface area (Å²) in [6.07, 6.45) is -0.670. The van der Waals surface area contributed by atoms with Gasteiger partial charge in [0.25, 0.3) is 0 Å². The number of carbonyl (C=O) groups excluding carboxylic acids is 1. The van der Waals surface area contributed by atoms with Gasteiger partial charge in [-0.15, -0.1) is 0 Å². The summed E-state index contributed by atoms with van der Waals surface area (Å²) in [5.41, 5.74) is 2.56. The summed E-state index contributed by atoms with van der Waals surface area (Å²) in [5, 5.41) is 11.3. The Morgan fingerprint density at radius 1 is 1.12 bits per heavy atom. The maximum atomic E-state index is 12.2. The van der Waals surface area contributed by atoms with Crippen LogP contribution in [-0.2, 0) is 4.79 Å². The van der Waals surface area contributed by atoms with Crippen LogP contribution in [0.3, 0.4) is 0 Å². The second kappa shape index (κ2) is 9.54. The number of hydrogen-bond acceptors (Lipinski definition) is 6. The zero-order valence-corrected chi connectivity index (χ0v) is 18.4. The van der Waals surface area contributed by atoms with Gasteiger partial charge in [-0.05, 0) is 30.2 Å². The molecule has 2 aromatic carbocycles. The van der Waals surface area contributed by atoms with E-state index in [4.69, 9.17) is 9.15 Å². The number of aryl methyl sites for hydroxylation is 1. The van der Waals surface area contributed by atoms with Gasteiger partial charge in [0, 0.05) is 56.7 Å². The summed E-state index contributed by atoms with van der Waals surface area (Å²) in [6, 6.07) is 15.0. The van der Waals surface area contributed by atoms with E-state index in [1.807, 2.05) is 54.3 Å². The van der Waals surface area contributed by atoms with Crippen molar-refractivity contribution in [1.29, 1.82) is 0 Å². The Bertz CT molecular complexity index is 1150. The van der Waals surface area contributed by atoms with Gasteiger partial charge in [-0.3, -0.25) is 9.69 Å². The number of fused-ring (bicyclic) bond motifs is 1. The van der Waals surface area contributed by atoms with Crippen LogP contribution < -0.4 is 10.4 Å². The van der Waals surface area contributed by atoms with E-state index in [2.05, 4.69) is 4.90 Å². The number of benzene rings is 2. The number of carbonyl (C=O) groups is 1. The van der Waals surface area contributed by atoms with Gasteiger partial charge >= 0.3 is 5.63 Å². The molecular weight excluding hydrogens is 408 g/mol. The van der Waals surface area contributed by atoms with Crippen LogP contribution in [0.25, 0.3) is 22.1 Å². The van der Waals surface area contributed by atoms with E-state index in [9.17, 15) is 14.7 Å². The Hall–Kier alpha value is -3.16. The highest BCUT2D eigenvalue weighted by Gasteiger charge is 2.21. The fourth-order valence-corrected chi connectivity index (χ4v) is 4.14. The molecule has 3 aromatic rings. The molecule has 1 atom stereocenters. The molecule has 32 heavy (non-hydrogen) atoms. The van der Waals surface area contributed by atoms with Gasteiger partial charge in [0.15, 0.2) is 0 Å². The average molecular weight is 437 g/mol. The number of aliphatic hydroxyl groups excluding tert-OH is 1. The molecule has 1 aromatic heterocycles. The number of piperazine rings is 1. The molecule has 0 saturated carbocycles. The second-order valence-electron chi connectivity index (χ2n) is 8.18. The standard InChI is InChI=1S/C25H28N2O5/c1-17-23(31-16-20(29)15-26-10-12-27(13-11-26)18(2)28)9-8-21-22(14-24(30)32-25(17)21)19-6-4-3-5-7-19/h3-9,14,20,29H,10-13,15-16H2,1-2H3/t20-/m0/s1. The molecule has 0 spiro atoms. The summed E-state index contributed by atoms with van der Waals surface area (Å²) >= 11 is 0. The Balaban J connectivity index is 1.46. The third-order valence-corrected chi connectivity index (χ3v) is 5.91. The van der Waals surface area contributed by atoms with Gasteiger partial charge in [-0.25, -0.2) is 4.79 Å². The minimum atomic E-state index is -0.670. The monoisotopic (exact) mass is 436 g/mol. The minimum Gasteiger partial charge on any atom is -0.490 e. The van der Waals surface area contributed by atoms with Crippen molar-refractivity contribution in [2.45, 2.75) is 20.0 Å². The first kappa shape index (κ1) is 22.0. The SMILES string of the molecule is CC(=O)N1CCN(C[C@H](O)COc2ccc3c(-c4ccccc4)cc(=O)oc3c2C)CC1. The Morgan fingerprint density at radius 3 is 2.53 bits per heavy atom. The van der Waals surface area contributed by atoms with Crippen molar-refractivity contribution < 1.29 is 19.1 Å². The van der Waals surface area contributed by atoms with Crippen LogP contribution in [-0.4, -0.2) is 66.2 Å². The van der Waals surface area contributed by atoms with Crippen molar-refractivity contribution in [2.24, 2.45) is 0 Å². The molecule has 7 heteroatoms. The molecule has 1 saturated heterocycles. The number of aliphatic hydroxyl groups is 1. The molecule has 7 nitrogen and oxygen atoms in total. The number of nitrogens with zero attached hydrogens (tertiary/aromatic N) is 2. The number of β-amino-alcohol motifs (C(OH)–C–C–N with tert-alkyl or cyclic N) is 1. The van der Waals surface area contributed by atoms with Crippen LogP contribution in [0.4, 0.5) is 0 Å². The van der Waals surface area contributed by atoms with Crippen LogP contribution in [0.5, 0.6) is 5.75 Å². The largest absolute Gasteiger partial charge is 0.490 e. The molecular formula is C25H28N2O5. The summed E-state index contributed by atoms with van der Waals surface area (Å²) in [7, 11) is 0. The predicted octanol–water partition coefficient (Wildman–Crippen LogP) is 2.67. The molecule has 168 valence electrons. The van der Waals surface area contributed by atoms with Crippen LogP contribution in [0, 0.1) is 6.92 Å². The van der Waals surface area contributed by atoms with Gasteiger partial charge in [0.2, 0.25) is 5.91 Å². The van der Waals surface area contributed by atoms with Gasteiger partial charge in [-0.2, -0.15) is 0 Å². The van der Waals surface area contributed by atoms with Crippen LogP contribution in [0.15, 0.2) is 57.7 Å². The van der Waals surface area contributed by atoms with Crippen molar-refractivity contribution in [3.05, 3.63) is 64.5 Å². The fraction of sp³-hybridized carbons (Fsp3) is 0.360. The quantitative estimate of drug-likeness (QED) is 0.599. The molecule has 1 aliphatic heterocycles. The lowest BCUT2D eigenvalue weighted by atomic mass is 10.0. The van der Waals surface area contributed by atoms with Crippen molar-refractivity contribution in [2.75, 3.05) is 39.3 Å². The maximum Gasteiger partial charge on any atom is 0.336 e. The van der Waals surface area contributed by atoms with Crippen molar-refractivity contribution in [3.8, 4) is 16.9 Å². The molecule has 2 heterocycles. The van der Waals surface area contributed by atoms with E-state index in [-0.39, 0.29) is 12.5 Å². The second-order valence-corrected chi connectivity index (χ2v) is 8.18. The molecule has 1 amide bonds. The zero-order chi connectivity index (χ0) is 22.7. The first-order valence-corrected chi connectivity index (χ1v) is 10.8. The summed E-state index contributed by atoms with van der Waals surface area (Å²) < 4.78 is 11.4. The minimum absolute atomic E-state index is 0.0855. The molecule has 0 radical (unpaired) electrons. The molecule has 4 rings (SSSR count). The normalized spacial score (nSPS) is 15.7. The molecule has 0 unspecified atom stereocenters. The Labute approximate surface area is 186 Å². The maximum absolute atomic E-state index is 12.2. The van der Waals surface area contributed by atoms with E-state index in [0.717, 1.165) is 35.2 Å². The Kier molecular flexibility index (Phi) is 6.58. The lowest BCUT2D eigenvalue weighted by Gasteiger charge is -2.35. The molecule has 1 aliphatic rings. The zero-order valence-electron chi connectivity index (χ0n) is 18.4. The van der Waals surface area contributed by atoms with Crippen molar-refractivity contribution in [1.82, 2.24) is 9.80 Å². The van der Waals surface area contributed by atoms with Crippen molar-refractivity contribution in [3.63, 3.8) is 0 Å². The topological polar surface area (TPSA) is 83.2 Å². The number of hydrogen-bond donors (Lipinski definition) is 1. The predicted molar refractivity (Wildman–Crippen MR) is 123 cm³/mol. The fourth-order valence-electron chi connectivity index (χ4n) is 4.14. The van der Waals surface area contributed by atoms with E-state index < -0.39 is 11.7 Å². The highest BCUT2D eigenvalue weighted by Crippen LogP contribution is 2.33. The number of rotatable bonds is 6. The summed E-state index contributed by atoms with van der Waals surface area (Å²) in [5.74, 6) is 0.661. The Morgan fingerprint density at radius 2 is 1.84 bits per heavy atom. The average Bonchev–Trinajstić information content (AvgIpc) is 2.79. The van der Waals surface area contributed by atoms with Crippen LogP contribution >= 0.6 is 0 Å².